The quantitative estimate of drug-likeness (QED) is 0.715. The zero-order valence-electron chi connectivity index (χ0n) is 9.99. The lowest BCUT2D eigenvalue weighted by molar-refractivity contribution is -0.163. The number of carbonyl (C=O) groups excluding carboxylic acids is 1. The van der Waals surface area contributed by atoms with Gasteiger partial charge in [0.25, 0.3) is 5.91 Å². The van der Waals surface area contributed by atoms with Crippen LogP contribution in [0.1, 0.15) is 13.8 Å². The molecule has 0 aromatic rings. The molecule has 16 heavy (non-hydrogen) atoms. The topological polar surface area (TPSA) is 50.8 Å². The molecule has 5 nitrogen and oxygen atoms in total. The van der Waals surface area contributed by atoms with Crippen molar-refractivity contribution in [1.82, 2.24) is 10.2 Å². The van der Waals surface area contributed by atoms with Gasteiger partial charge in [0.15, 0.2) is 0 Å². The number of hydrogen-bond acceptors (Lipinski definition) is 4. The number of amides is 1. The molecule has 2 aliphatic rings. The van der Waals surface area contributed by atoms with Gasteiger partial charge in [0.1, 0.15) is 6.10 Å². The van der Waals surface area contributed by atoms with Crippen molar-refractivity contribution < 1.29 is 14.3 Å². The first-order valence-electron chi connectivity index (χ1n) is 5.86. The molecule has 0 bridgehead atoms. The summed E-state index contributed by atoms with van der Waals surface area (Å²) in [4.78, 5) is 13.9. The summed E-state index contributed by atoms with van der Waals surface area (Å²) in [6, 6.07) is 0. The van der Waals surface area contributed by atoms with E-state index >= 15 is 0 Å². The second kappa shape index (κ2) is 4.69. The fourth-order valence-corrected chi connectivity index (χ4v) is 2.08. The summed E-state index contributed by atoms with van der Waals surface area (Å²) < 4.78 is 11.0. The molecule has 0 radical (unpaired) electrons. The molecule has 1 amide bonds. The van der Waals surface area contributed by atoms with E-state index in [1.807, 2.05) is 18.7 Å². The Bertz CT molecular complexity index is 260. The minimum absolute atomic E-state index is 0.0800. The first-order chi connectivity index (χ1) is 7.61. The van der Waals surface area contributed by atoms with Gasteiger partial charge in [0.2, 0.25) is 0 Å². The molecule has 0 spiro atoms. The Balaban J connectivity index is 1.83. The fraction of sp³-hybridized carbons (Fsp3) is 0.909. The minimum Gasteiger partial charge on any atom is -0.378 e. The van der Waals surface area contributed by atoms with Crippen LogP contribution in [0.5, 0.6) is 0 Å². The summed E-state index contributed by atoms with van der Waals surface area (Å²) in [7, 11) is 0. The molecular weight excluding hydrogens is 208 g/mol. The Morgan fingerprint density at radius 2 is 2.06 bits per heavy atom. The number of nitrogens with zero attached hydrogens (tertiary/aromatic N) is 1. The van der Waals surface area contributed by atoms with Crippen molar-refractivity contribution in [3.05, 3.63) is 0 Å². The Labute approximate surface area is 96.1 Å². The van der Waals surface area contributed by atoms with E-state index in [2.05, 4.69) is 5.32 Å². The maximum atomic E-state index is 12.0. The van der Waals surface area contributed by atoms with E-state index in [9.17, 15) is 4.79 Å². The molecule has 2 aliphatic heterocycles. The van der Waals surface area contributed by atoms with Crippen molar-refractivity contribution in [3.8, 4) is 0 Å². The maximum Gasteiger partial charge on any atom is 0.251 e. The van der Waals surface area contributed by atoms with Crippen LogP contribution in [0.2, 0.25) is 0 Å². The van der Waals surface area contributed by atoms with Crippen LogP contribution in [0.4, 0.5) is 0 Å². The lowest BCUT2D eigenvalue weighted by Gasteiger charge is -2.41. The van der Waals surface area contributed by atoms with Crippen LogP contribution in [0.25, 0.3) is 0 Å². The lowest BCUT2D eigenvalue weighted by atomic mass is 9.99. The van der Waals surface area contributed by atoms with Crippen molar-refractivity contribution in [2.75, 3.05) is 39.4 Å². The number of carbonyl (C=O) groups is 1. The average molecular weight is 228 g/mol. The van der Waals surface area contributed by atoms with Gasteiger partial charge in [-0.15, -0.1) is 0 Å². The Morgan fingerprint density at radius 3 is 2.56 bits per heavy atom. The van der Waals surface area contributed by atoms with Crippen LogP contribution in [0.15, 0.2) is 0 Å². The summed E-state index contributed by atoms with van der Waals surface area (Å²) in [5, 5.41) is 3.16. The minimum atomic E-state index is -0.356. The van der Waals surface area contributed by atoms with Gasteiger partial charge in [-0.2, -0.15) is 0 Å². The summed E-state index contributed by atoms with van der Waals surface area (Å²) >= 11 is 0. The maximum absolute atomic E-state index is 12.0. The fourth-order valence-electron chi connectivity index (χ4n) is 2.08. The van der Waals surface area contributed by atoms with E-state index in [0.29, 0.717) is 26.3 Å². The smallest absolute Gasteiger partial charge is 0.251 e. The zero-order chi connectivity index (χ0) is 11.6. The summed E-state index contributed by atoms with van der Waals surface area (Å²) in [5.41, 5.74) is -0.165. The highest BCUT2D eigenvalue weighted by Crippen LogP contribution is 2.18. The standard InChI is InChI=1S/C11H20N2O3/c1-9(16-11(2)7-12-8-11)10(14)13-3-5-15-6-4-13/h9,12H,3-8H2,1-2H3. The molecule has 0 aromatic carbocycles. The van der Waals surface area contributed by atoms with Crippen LogP contribution in [0, 0.1) is 0 Å². The van der Waals surface area contributed by atoms with Crippen molar-refractivity contribution in [2.24, 2.45) is 0 Å². The SMILES string of the molecule is CC(OC1(C)CNC1)C(=O)N1CCOCC1. The normalized spacial score (nSPS) is 26.0. The van der Waals surface area contributed by atoms with E-state index in [1.165, 1.54) is 0 Å². The van der Waals surface area contributed by atoms with Gasteiger partial charge in [-0.1, -0.05) is 0 Å². The molecule has 1 unspecified atom stereocenters. The highest BCUT2D eigenvalue weighted by Gasteiger charge is 2.36. The number of ether oxygens (including phenoxy) is 2. The Morgan fingerprint density at radius 1 is 1.44 bits per heavy atom. The third-order valence-electron chi connectivity index (χ3n) is 3.13. The second-order valence-corrected chi connectivity index (χ2v) is 4.75. The molecule has 2 fully saturated rings. The summed E-state index contributed by atoms with van der Waals surface area (Å²) in [6.07, 6.45) is -0.356. The molecule has 1 N–H and O–H groups in total. The van der Waals surface area contributed by atoms with Gasteiger partial charge in [-0.05, 0) is 13.8 Å². The van der Waals surface area contributed by atoms with Crippen LogP contribution in [0.3, 0.4) is 0 Å². The molecule has 0 aromatic heterocycles. The van der Waals surface area contributed by atoms with Crippen LogP contribution in [-0.4, -0.2) is 61.9 Å². The third kappa shape index (κ3) is 2.53. The predicted octanol–water partition coefficient (Wildman–Crippen LogP) is -0.388. The Kier molecular flexibility index (Phi) is 3.47. The lowest BCUT2D eigenvalue weighted by Crippen LogP contribution is -2.61. The third-order valence-corrected chi connectivity index (χ3v) is 3.13. The summed E-state index contributed by atoms with van der Waals surface area (Å²) in [6.45, 7) is 8.16. The molecule has 0 saturated carbocycles. The van der Waals surface area contributed by atoms with E-state index in [-0.39, 0.29) is 17.6 Å². The van der Waals surface area contributed by atoms with E-state index in [4.69, 9.17) is 9.47 Å². The highest BCUT2D eigenvalue weighted by atomic mass is 16.5. The van der Waals surface area contributed by atoms with Crippen LogP contribution in [-0.2, 0) is 14.3 Å². The first kappa shape index (κ1) is 11.8. The Hall–Kier alpha value is -0.650. The van der Waals surface area contributed by atoms with E-state index in [0.717, 1.165) is 13.1 Å². The van der Waals surface area contributed by atoms with Crippen molar-refractivity contribution in [2.45, 2.75) is 25.6 Å². The average Bonchev–Trinajstić information content (AvgIpc) is 2.27. The van der Waals surface area contributed by atoms with Gasteiger partial charge in [-0.3, -0.25) is 4.79 Å². The van der Waals surface area contributed by atoms with Crippen molar-refractivity contribution in [3.63, 3.8) is 0 Å². The van der Waals surface area contributed by atoms with Crippen molar-refractivity contribution >= 4 is 5.91 Å². The van der Waals surface area contributed by atoms with E-state index < -0.39 is 0 Å². The largest absolute Gasteiger partial charge is 0.378 e. The molecule has 2 rings (SSSR count). The second-order valence-electron chi connectivity index (χ2n) is 4.75. The van der Waals surface area contributed by atoms with E-state index in [1.54, 1.807) is 0 Å². The number of hydrogen-bond donors (Lipinski definition) is 1. The first-order valence-corrected chi connectivity index (χ1v) is 5.86. The number of nitrogens with one attached hydrogen (secondary N) is 1. The molecule has 1 atom stereocenters. The molecule has 0 aliphatic carbocycles. The van der Waals surface area contributed by atoms with Gasteiger partial charge in [0.05, 0.1) is 18.8 Å². The van der Waals surface area contributed by atoms with Gasteiger partial charge in [-0.25, -0.2) is 0 Å². The van der Waals surface area contributed by atoms with Gasteiger partial charge >= 0.3 is 0 Å². The number of rotatable bonds is 3. The molecule has 2 saturated heterocycles. The highest BCUT2D eigenvalue weighted by molar-refractivity contribution is 5.80. The molecule has 5 heteroatoms. The van der Waals surface area contributed by atoms with Crippen LogP contribution < -0.4 is 5.32 Å². The van der Waals surface area contributed by atoms with Gasteiger partial charge < -0.3 is 19.7 Å². The van der Waals surface area contributed by atoms with Crippen molar-refractivity contribution in [1.29, 1.82) is 0 Å². The summed E-state index contributed by atoms with van der Waals surface area (Å²) in [5.74, 6) is 0.0800. The zero-order valence-corrected chi connectivity index (χ0v) is 9.99. The molecular formula is C11H20N2O3. The number of morpholine rings is 1. The predicted molar refractivity (Wildman–Crippen MR) is 59.2 cm³/mol. The monoisotopic (exact) mass is 228 g/mol. The van der Waals surface area contributed by atoms with Crippen LogP contribution >= 0.6 is 0 Å². The van der Waals surface area contributed by atoms with Gasteiger partial charge in [0, 0.05) is 26.2 Å². The molecule has 92 valence electrons. The molecule has 2 heterocycles.